The molecule has 1 rings (SSSR count). The Morgan fingerprint density at radius 1 is 1.69 bits per heavy atom. The lowest BCUT2D eigenvalue weighted by Crippen LogP contribution is -2.00. The van der Waals surface area contributed by atoms with Crippen LogP contribution < -0.4 is 0 Å². The van der Waals surface area contributed by atoms with Crippen LogP contribution in [0.25, 0.3) is 0 Å². The van der Waals surface area contributed by atoms with E-state index in [0.29, 0.717) is 16.0 Å². The van der Waals surface area contributed by atoms with E-state index in [9.17, 15) is 0 Å². The van der Waals surface area contributed by atoms with Crippen molar-refractivity contribution in [2.45, 2.75) is 5.92 Å². The van der Waals surface area contributed by atoms with Crippen LogP contribution >= 0.6 is 43.5 Å². The summed E-state index contributed by atoms with van der Waals surface area (Å²) in [7, 11) is 0. The molecule has 0 N–H and O–H groups in total. The first-order valence-electron chi connectivity index (χ1n) is 3.45. The third kappa shape index (κ3) is 2.67. The van der Waals surface area contributed by atoms with E-state index in [0.717, 1.165) is 4.47 Å². The van der Waals surface area contributed by atoms with E-state index >= 15 is 0 Å². The van der Waals surface area contributed by atoms with Crippen LogP contribution in [-0.4, -0.2) is 10.3 Å². The second-order valence-corrected chi connectivity index (χ2v) is 4.33. The summed E-state index contributed by atoms with van der Waals surface area (Å²) in [5, 5.41) is 9.84. The molecule has 0 amide bonds. The summed E-state index contributed by atoms with van der Waals surface area (Å²) in [6.07, 6.45) is 1.63. The molecule has 1 aromatic rings. The van der Waals surface area contributed by atoms with Gasteiger partial charge < -0.3 is 0 Å². The summed E-state index contributed by atoms with van der Waals surface area (Å²) in [5.41, 5.74) is 0.615. The Bertz CT molecular complexity index is 348. The van der Waals surface area contributed by atoms with E-state index in [1.807, 2.05) is 0 Å². The fourth-order valence-electron chi connectivity index (χ4n) is 0.850. The average Bonchev–Trinajstić information content (AvgIpc) is 2.10. The summed E-state index contributed by atoms with van der Waals surface area (Å²) in [5.74, 6) is -0.291. The van der Waals surface area contributed by atoms with Crippen LogP contribution in [0.1, 0.15) is 11.6 Å². The number of alkyl halides is 1. The van der Waals surface area contributed by atoms with Gasteiger partial charge in [0.1, 0.15) is 0 Å². The molecule has 13 heavy (non-hydrogen) atoms. The summed E-state index contributed by atoms with van der Waals surface area (Å²) < 4.78 is 0.813. The minimum atomic E-state index is -0.291. The Morgan fingerprint density at radius 3 is 2.85 bits per heavy atom. The zero-order chi connectivity index (χ0) is 9.84. The monoisotopic (exact) mass is 322 g/mol. The number of aromatic nitrogens is 1. The molecule has 5 heteroatoms. The first-order valence-corrected chi connectivity index (χ1v) is 5.74. The van der Waals surface area contributed by atoms with Crippen molar-refractivity contribution in [3.8, 4) is 6.07 Å². The molecule has 1 aromatic heterocycles. The summed E-state index contributed by atoms with van der Waals surface area (Å²) in [6.45, 7) is 0. The maximum Gasteiger partial charge on any atom is 0.0996 e. The van der Waals surface area contributed by atoms with Crippen molar-refractivity contribution >= 4 is 43.5 Å². The van der Waals surface area contributed by atoms with Gasteiger partial charge in [0.15, 0.2) is 0 Å². The number of hydrogen-bond acceptors (Lipinski definition) is 2. The number of pyridine rings is 1. The Balaban J connectivity index is 3.09. The molecule has 0 spiro atoms. The largest absolute Gasteiger partial charge is 0.257 e. The molecule has 0 saturated carbocycles. The molecule has 0 aliphatic rings. The fraction of sp³-hybridized carbons (Fsp3) is 0.250. The molecule has 0 aromatic carbocycles. The quantitative estimate of drug-likeness (QED) is 0.781. The predicted molar refractivity (Wildman–Crippen MR) is 59.1 cm³/mol. The molecule has 0 fully saturated rings. The zero-order valence-electron chi connectivity index (χ0n) is 6.47. The van der Waals surface area contributed by atoms with E-state index in [4.69, 9.17) is 16.9 Å². The first-order chi connectivity index (χ1) is 6.19. The third-order valence-corrected chi connectivity index (χ3v) is 2.86. The van der Waals surface area contributed by atoms with Gasteiger partial charge >= 0.3 is 0 Å². The molecule has 1 heterocycles. The minimum absolute atomic E-state index is 0.291. The van der Waals surface area contributed by atoms with Crippen molar-refractivity contribution in [3.63, 3.8) is 0 Å². The lowest BCUT2D eigenvalue weighted by Gasteiger charge is -2.06. The lowest BCUT2D eigenvalue weighted by atomic mass is 10.1. The molecule has 2 nitrogen and oxygen atoms in total. The van der Waals surface area contributed by atoms with Crippen molar-refractivity contribution in [1.82, 2.24) is 4.98 Å². The van der Waals surface area contributed by atoms with Crippen molar-refractivity contribution in [2.75, 3.05) is 5.33 Å². The highest BCUT2D eigenvalue weighted by Gasteiger charge is 2.14. The smallest absolute Gasteiger partial charge is 0.0996 e. The van der Waals surface area contributed by atoms with Gasteiger partial charge in [-0.2, -0.15) is 5.26 Å². The van der Waals surface area contributed by atoms with Crippen LogP contribution in [-0.2, 0) is 0 Å². The van der Waals surface area contributed by atoms with Crippen molar-refractivity contribution < 1.29 is 0 Å². The van der Waals surface area contributed by atoms with E-state index in [-0.39, 0.29) is 5.92 Å². The van der Waals surface area contributed by atoms with Gasteiger partial charge in [0.25, 0.3) is 0 Å². The van der Waals surface area contributed by atoms with Crippen LogP contribution in [0, 0.1) is 11.3 Å². The number of hydrogen-bond donors (Lipinski definition) is 0. The van der Waals surface area contributed by atoms with Gasteiger partial charge in [-0.1, -0.05) is 27.5 Å². The molecular formula is C8H5Br2ClN2. The van der Waals surface area contributed by atoms with Gasteiger partial charge in [0.05, 0.1) is 22.7 Å². The van der Waals surface area contributed by atoms with Crippen LogP contribution in [0.2, 0.25) is 5.02 Å². The van der Waals surface area contributed by atoms with Crippen LogP contribution in [0.15, 0.2) is 16.7 Å². The maximum atomic E-state index is 8.78. The van der Waals surface area contributed by atoms with E-state index in [1.165, 1.54) is 0 Å². The molecule has 0 bridgehead atoms. The van der Waals surface area contributed by atoms with Gasteiger partial charge in [-0.05, 0) is 22.0 Å². The highest BCUT2D eigenvalue weighted by Crippen LogP contribution is 2.25. The normalized spacial score (nSPS) is 12.2. The Labute approximate surface area is 98.2 Å². The van der Waals surface area contributed by atoms with Crippen LogP contribution in [0.3, 0.4) is 0 Å². The SMILES string of the molecule is N#CC(CBr)c1ncc(Br)cc1Cl. The molecule has 0 aliphatic carbocycles. The summed E-state index contributed by atoms with van der Waals surface area (Å²) >= 11 is 12.4. The van der Waals surface area contributed by atoms with Crippen molar-refractivity contribution in [3.05, 3.63) is 27.5 Å². The molecule has 0 aliphatic heterocycles. The molecule has 1 unspecified atom stereocenters. The van der Waals surface area contributed by atoms with Gasteiger partial charge in [0, 0.05) is 16.0 Å². The highest BCUT2D eigenvalue weighted by molar-refractivity contribution is 9.10. The second kappa shape index (κ2) is 4.94. The Morgan fingerprint density at radius 2 is 2.38 bits per heavy atom. The van der Waals surface area contributed by atoms with Crippen LogP contribution in [0.4, 0.5) is 0 Å². The zero-order valence-corrected chi connectivity index (χ0v) is 10.4. The Hall–Kier alpha value is -0.110. The molecule has 1 atom stereocenters. The van der Waals surface area contributed by atoms with Gasteiger partial charge in [0.2, 0.25) is 0 Å². The van der Waals surface area contributed by atoms with E-state index in [2.05, 4.69) is 42.9 Å². The predicted octanol–water partition coefficient (Wildman–Crippen LogP) is 3.50. The van der Waals surface area contributed by atoms with E-state index in [1.54, 1.807) is 12.3 Å². The molecular weight excluding hydrogens is 319 g/mol. The minimum Gasteiger partial charge on any atom is -0.257 e. The lowest BCUT2D eigenvalue weighted by molar-refractivity contribution is 0.937. The first kappa shape index (κ1) is 11.0. The van der Waals surface area contributed by atoms with E-state index < -0.39 is 0 Å². The number of nitriles is 1. The summed E-state index contributed by atoms with van der Waals surface area (Å²) in [4.78, 5) is 4.09. The molecule has 0 radical (unpaired) electrons. The second-order valence-electron chi connectivity index (χ2n) is 2.36. The van der Waals surface area contributed by atoms with Gasteiger partial charge in [-0.15, -0.1) is 0 Å². The van der Waals surface area contributed by atoms with Crippen LogP contribution in [0.5, 0.6) is 0 Å². The number of nitrogens with zero attached hydrogens (tertiary/aromatic N) is 2. The van der Waals surface area contributed by atoms with Crippen molar-refractivity contribution in [1.29, 1.82) is 5.26 Å². The fourth-order valence-corrected chi connectivity index (χ4v) is 2.06. The summed E-state index contributed by atoms with van der Waals surface area (Å²) in [6, 6.07) is 3.85. The maximum absolute atomic E-state index is 8.78. The van der Waals surface area contributed by atoms with Crippen molar-refractivity contribution in [2.24, 2.45) is 0 Å². The number of rotatable bonds is 2. The third-order valence-electron chi connectivity index (χ3n) is 1.48. The molecule has 68 valence electrons. The standard InChI is InChI=1S/C8H5Br2ClN2/c9-2-5(3-12)8-7(11)1-6(10)4-13-8/h1,4-5H,2H2. The topological polar surface area (TPSA) is 36.7 Å². The number of halogens is 3. The highest BCUT2D eigenvalue weighted by atomic mass is 79.9. The Kier molecular flexibility index (Phi) is 4.17. The molecule has 0 saturated heterocycles. The van der Waals surface area contributed by atoms with Gasteiger partial charge in [-0.25, -0.2) is 0 Å². The average molecular weight is 324 g/mol. The van der Waals surface area contributed by atoms with Gasteiger partial charge in [-0.3, -0.25) is 4.98 Å².